The molecule has 0 radical (unpaired) electrons. The Morgan fingerprint density at radius 1 is 1.50 bits per heavy atom. The van der Waals surface area contributed by atoms with Gasteiger partial charge in [0.1, 0.15) is 18.0 Å². The van der Waals surface area contributed by atoms with Crippen molar-refractivity contribution >= 4 is 11.6 Å². The van der Waals surface area contributed by atoms with Crippen molar-refractivity contribution in [3.8, 4) is 0 Å². The quantitative estimate of drug-likeness (QED) is 0.594. The first-order chi connectivity index (χ1) is 7.70. The number of rotatable bonds is 3. The average molecular weight is 221 g/mol. The Kier molecular flexibility index (Phi) is 3.24. The summed E-state index contributed by atoms with van der Waals surface area (Å²) in [5.74, 6) is 8.47. The number of nitrogen functional groups attached to an aromatic ring is 1. The fourth-order valence-corrected chi connectivity index (χ4v) is 2.14. The highest BCUT2D eigenvalue weighted by Crippen LogP contribution is 2.27. The third-order valence-electron chi connectivity index (χ3n) is 3.29. The number of nitrogens with one attached hydrogen (secondary N) is 1. The first-order valence-corrected chi connectivity index (χ1v) is 5.74. The van der Waals surface area contributed by atoms with Gasteiger partial charge >= 0.3 is 0 Å². The molecule has 1 unspecified atom stereocenters. The van der Waals surface area contributed by atoms with Crippen molar-refractivity contribution < 1.29 is 0 Å². The Bertz CT molecular complexity index is 352. The highest BCUT2D eigenvalue weighted by molar-refractivity contribution is 5.48. The van der Waals surface area contributed by atoms with E-state index in [1.807, 2.05) is 6.07 Å². The number of hydrazine groups is 1. The van der Waals surface area contributed by atoms with E-state index < -0.39 is 0 Å². The van der Waals surface area contributed by atoms with Gasteiger partial charge in [-0.25, -0.2) is 15.8 Å². The van der Waals surface area contributed by atoms with Gasteiger partial charge in [0.05, 0.1) is 0 Å². The zero-order valence-electron chi connectivity index (χ0n) is 9.85. The summed E-state index contributed by atoms with van der Waals surface area (Å²) in [6.07, 6.45) is 2.79. The van der Waals surface area contributed by atoms with Crippen LogP contribution in [0.15, 0.2) is 12.4 Å². The van der Waals surface area contributed by atoms with E-state index in [0.29, 0.717) is 5.82 Å². The van der Waals surface area contributed by atoms with Crippen molar-refractivity contribution in [2.45, 2.75) is 20.3 Å². The fraction of sp³-hybridized carbons (Fsp3) is 0.636. The van der Waals surface area contributed by atoms with E-state index in [0.717, 1.165) is 30.7 Å². The van der Waals surface area contributed by atoms with Gasteiger partial charge in [-0.15, -0.1) is 0 Å². The fourth-order valence-electron chi connectivity index (χ4n) is 2.14. The van der Waals surface area contributed by atoms with Crippen LogP contribution >= 0.6 is 0 Å². The molecule has 2 rings (SSSR count). The molecule has 1 atom stereocenters. The summed E-state index contributed by atoms with van der Waals surface area (Å²) in [5.41, 5.74) is 2.55. The third-order valence-corrected chi connectivity index (χ3v) is 3.29. The van der Waals surface area contributed by atoms with E-state index in [-0.39, 0.29) is 0 Å². The molecular formula is C11H19N5. The van der Waals surface area contributed by atoms with Gasteiger partial charge in [0.25, 0.3) is 0 Å². The SMILES string of the molecule is CC(C)C1CCN(c2cc(NN)ncn2)C1. The number of nitrogens with two attached hydrogens (primary N) is 1. The van der Waals surface area contributed by atoms with Crippen molar-refractivity contribution in [3.05, 3.63) is 12.4 Å². The summed E-state index contributed by atoms with van der Waals surface area (Å²) in [4.78, 5) is 10.6. The van der Waals surface area contributed by atoms with Crippen molar-refractivity contribution in [1.29, 1.82) is 0 Å². The minimum absolute atomic E-state index is 0.665. The zero-order chi connectivity index (χ0) is 11.5. The minimum Gasteiger partial charge on any atom is -0.356 e. The van der Waals surface area contributed by atoms with Crippen LogP contribution in [0.25, 0.3) is 0 Å². The van der Waals surface area contributed by atoms with Crippen LogP contribution in [-0.2, 0) is 0 Å². The largest absolute Gasteiger partial charge is 0.356 e. The molecular weight excluding hydrogens is 202 g/mol. The van der Waals surface area contributed by atoms with Gasteiger partial charge in [-0.1, -0.05) is 13.8 Å². The molecule has 1 aliphatic heterocycles. The van der Waals surface area contributed by atoms with Crippen LogP contribution in [0.5, 0.6) is 0 Å². The van der Waals surface area contributed by atoms with Crippen molar-refractivity contribution in [3.63, 3.8) is 0 Å². The van der Waals surface area contributed by atoms with E-state index in [1.54, 1.807) is 6.33 Å². The van der Waals surface area contributed by atoms with E-state index in [2.05, 4.69) is 34.1 Å². The van der Waals surface area contributed by atoms with Crippen molar-refractivity contribution in [2.24, 2.45) is 17.7 Å². The number of hydrogen-bond donors (Lipinski definition) is 2. The lowest BCUT2D eigenvalue weighted by molar-refractivity contribution is 0.422. The normalized spacial score (nSPS) is 20.5. The molecule has 16 heavy (non-hydrogen) atoms. The lowest BCUT2D eigenvalue weighted by Gasteiger charge is -2.19. The molecule has 5 heteroatoms. The highest BCUT2D eigenvalue weighted by Gasteiger charge is 2.25. The molecule has 88 valence electrons. The summed E-state index contributed by atoms with van der Waals surface area (Å²) in [6.45, 7) is 6.71. The first-order valence-electron chi connectivity index (χ1n) is 5.74. The Hall–Kier alpha value is -1.36. The van der Waals surface area contributed by atoms with Gasteiger partial charge in [-0.2, -0.15) is 0 Å². The maximum absolute atomic E-state index is 5.33. The summed E-state index contributed by atoms with van der Waals surface area (Å²) < 4.78 is 0. The maximum atomic E-state index is 5.33. The standard InChI is InChI=1S/C11H19N5/c1-8(2)9-3-4-16(6-9)11-5-10(15-12)13-7-14-11/h5,7-9H,3-4,6,12H2,1-2H3,(H,13,14,15). The van der Waals surface area contributed by atoms with Gasteiger partial charge in [0.15, 0.2) is 0 Å². The molecule has 3 N–H and O–H groups in total. The average Bonchev–Trinajstić information content (AvgIpc) is 2.78. The Balaban J connectivity index is 2.08. The second kappa shape index (κ2) is 4.65. The first kappa shape index (κ1) is 11.1. The second-order valence-corrected chi connectivity index (χ2v) is 4.64. The third kappa shape index (κ3) is 2.24. The van der Waals surface area contributed by atoms with E-state index in [1.165, 1.54) is 6.42 Å². The molecule has 2 heterocycles. The van der Waals surface area contributed by atoms with Crippen LogP contribution in [0.4, 0.5) is 11.6 Å². The van der Waals surface area contributed by atoms with Gasteiger partial charge in [-0.05, 0) is 18.3 Å². The van der Waals surface area contributed by atoms with Crippen LogP contribution in [0.3, 0.4) is 0 Å². The van der Waals surface area contributed by atoms with Crippen molar-refractivity contribution in [2.75, 3.05) is 23.4 Å². The number of hydrogen-bond acceptors (Lipinski definition) is 5. The molecule has 0 aromatic carbocycles. The Morgan fingerprint density at radius 3 is 2.94 bits per heavy atom. The van der Waals surface area contributed by atoms with Crippen LogP contribution in [0.1, 0.15) is 20.3 Å². The number of nitrogens with zero attached hydrogens (tertiary/aromatic N) is 3. The van der Waals surface area contributed by atoms with Crippen molar-refractivity contribution in [1.82, 2.24) is 9.97 Å². The Labute approximate surface area is 96.0 Å². The predicted octanol–water partition coefficient (Wildman–Crippen LogP) is 1.24. The molecule has 1 saturated heterocycles. The van der Waals surface area contributed by atoms with E-state index in [4.69, 9.17) is 5.84 Å². The van der Waals surface area contributed by atoms with Crippen LogP contribution in [-0.4, -0.2) is 23.1 Å². The Morgan fingerprint density at radius 2 is 2.31 bits per heavy atom. The lowest BCUT2D eigenvalue weighted by atomic mass is 9.95. The molecule has 0 bridgehead atoms. The molecule has 0 saturated carbocycles. The molecule has 0 amide bonds. The lowest BCUT2D eigenvalue weighted by Crippen LogP contribution is -2.22. The highest BCUT2D eigenvalue weighted by atomic mass is 15.3. The molecule has 1 aliphatic rings. The molecule has 0 aliphatic carbocycles. The van der Waals surface area contributed by atoms with Crippen LogP contribution in [0.2, 0.25) is 0 Å². The summed E-state index contributed by atoms with van der Waals surface area (Å²) >= 11 is 0. The predicted molar refractivity (Wildman–Crippen MR) is 65.0 cm³/mol. The topological polar surface area (TPSA) is 67.1 Å². The van der Waals surface area contributed by atoms with Crippen LogP contribution < -0.4 is 16.2 Å². The monoisotopic (exact) mass is 221 g/mol. The number of anilines is 2. The zero-order valence-corrected chi connectivity index (χ0v) is 9.85. The summed E-state index contributed by atoms with van der Waals surface area (Å²) in [7, 11) is 0. The maximum Gasteiger partial charge on any atom is 0.145 e. The van der Waals surface area contributed by atoms with Gasteiger partial charge in [-0.3, -0.25) is 0 Å². The van der Waals surface area contributed by atoms with Gasteiger partial charge in [0.2, 0.25) is 0 Å². The van der Waals surface area contributed by atoms with Gasteiger partial charge < -0.3 is 10.3 Å². The summed E-state index contributed by atoms with van der Waals surface area (Å²) in [6, 6.07) is 1.89. The van der Waals surface area contributed by atoms with Crippen LogP contribution in [0, 0.1) is 11.8 Å². The molecule has 0 spiro atoms. The molecule has 1 aromatic rings. The molecule has 1 aromatic heterocycles. The summed E-state index contributed by atoms with van der Waals surface area (Å²) in [5, 5.41) is 0. The minimum atomic E-state index is 0.665. The molecule has 1 fully saturated rings. The van der Waals surface area contributed by atoms with E-state index in [9.17, 15) is 0 Å². The van der Waals surface area contributed by atoms with E-state index >= 15 is 0 Å². The second-order valence-electron chi connectivity index (χ2n) is 4.64. The van der Waals surface area contributed by atoms with Gasteiger partial charge in [0, 0.05) is 19.2 Å². The smallest absolute Gasteiger partial charge is 0.145 e. The molecule has 5 nitrogen and oxygen atoms in total. The number of aromatic nitrogens is 2.